The number of ether oxygens (including phenoxy) is 1. The molecule has 1 aliphatic heterocycles. The fourth-order valence-corrected chi connectivity index (χ4v) is 3.07. The lowest BCUT2D eigenvalue weighted by Crippen LogP contribution is -2.35. The SMILES string of the molecule is COC(CN)CC(=O)N1Cc2ccccc2-c2ccccc2C1.Cl. The Labute approximate surface area is 149 Å². The summed E-state index contributed by atoms with van der Waals surface area (Å²) in [5.74, 6) is 0.0776. The molecule has 2 N–H and O–H groups in total. The van der Waals surface area contributed by atoms with E-state index < -0.39 is 0 Å². The van der Waals surface area contributed by atoms with Crippen LogP contribution in [0, 0.1) is 0 Å². The Balaban J connectivity index is 0.00000208. The average Bonchev–Trinajstić information content (AvgIpc) is 2.76. The zero-order valence-electron chi connectivity index (χ0n) is 13.8. The summed E-state index contributed by atoms with van der Waals surface area (Å²) in [5, 5.41) is 0. The molecule has 0 radical (unpaired) electrons. The monoisotopic (exact) mass is 346 g/mol. The molecule has 0 saturated carbocycles. The van der Waals surface area contributed by atoms with Gasteiger partial charge in [0, 0.05) is 26.7 Å². The minimum atomic E-state index is -0.226. The van der Waals surface area contributed by atoms with E-state index in [1.807, 2.05) is 29.2 Å². The first-order valence-electron chi connectivity index (χ1n) is 7.89. The lowest BCUT2D eigenvalue weighted by Gasteiger charge is -2.23. The Bertz CT molecular complexity index is 654. The van der Waals surface area contributed by atoms with Crippen molar-refractivity contribution in [3.05, 3.63) is 59.7 Å². The molecule has 0 bridgehead atoms. The number of amides is 1. The zero-order valence-corrected chi connectivity index (χ0v) is 14.6. The van der Waals surface area contributed by atoms with E-state index in [0.29, 0.717) is 26.1 Å². The standard InChI is InChI=1S/C19H22N2O2.ClH/c1-23-16(11-20)10-19(22)21-12-14-6-2-4-8-17(14)18-9-5-3-7-15(18)13-21;/h2-9,16H,10-13,20H2,1H3;1H. The molecule has 1 unspecified atom stereocenters. The van der Waals surface area contributed by atoms with Crippen LogP contribution >= 0.6 is 12.4 Å². The molecule has 24 heavy (non-hydrogen) atoms. The lowest BCUT2D eigenvalue weighted by atomic mass is 9.97. The van der Waals surface area contributed by atoms with Gasteiger partial charge in [-0.1, -0.05) is 48.5 Å². The van der Waals surface area contributed by atoms with Crippen molar-refractivity contribution in [2.75, 3.05) is 13.7 Å². The Hall–Kier alpha value is -1.88. The third kappa shape index (κ3) is 3.78. The topological polar surface area (TPSA) is 55.6 Å². The van der Waals surface area contributed by atoms with Gasteiger partial charge >= 0.3 is 0 Å². The number of fused-ring (bicyclic) bond motifs is 3. The van der Waals surface area contributed by atoms with Crippen LogP contribution in [0.25, 0.3) is 11.1 Å². The van der Waals surface area contributed by atoms with Crippen molar-refractivity contribution in [1.82, 2.24) is 4.90 Å². The highest BCUT2D eigenvalue weighted by molar-refractivity contribution is 5.85. The van der Waals surface area contributed by atoms with Crippen LogP contribution < -0.4 is 5.73 Å². The van der Waals surface area contributed by atoms with Gasteiger partial charge in [-0.3, -0.25) is 4.79 Å². The summed E-state index contributed by atoms with van der Waals surface area (Å²) >= 11 is 0. The number of nitrogens with two attached hydrogens (primary N) is 1. The van der Waals surface area contributed by atoms with Crippen LogP contribution in [-0.2, 0) is 22.6 Å². The molecule has 2 aromatic carbocycles. The van der Waals surface area contributed by atoms with Gasteiger partial charge in [0.15, 0.2) is 0 Å². The summed E-state index contributed by atoms with van der Waals surface area (Å²) < 4.78 is 5.26. The fourth-order valence-electron chi connectivity index (χ4n) is 3.07. The molecular formula is C19H23ClN2O2. The fraction of sp³-hybridized carbons (Fsp3) is 0.316. The molecule has 1 amide bonds. The predicted octanol–water partition coefficient (Wildman–Crippen LogP) is 2.98. The van der Waals surface area contributed by atoms with Gasteiger partial charge in [-0.05, 0) is 22.3 Å². The van der Waals surface area contributed by atoms with Gasteiger partial charge < -0.3 is 15.4 Å². The molecule has 0 saturated heterocycles. The smallest absolute Gasteiger partial charge is 0.225 e. The Morgan fingerprint density at radius 3 is 2.04 bits per heavy atom. The molecule has 5 heteroatoms. The van der Waals surface area contributed by atoms with Crippen molar-refractivity contribution < 1.29 is 9.53 Å². The number of nitrogens with zero attached hydrogens (tertiary/aromatic N) is 1. The number of rotatable bonds is 4. The summed E-state index contributed by atoms with van der Waals surface area (Å²) in [6.45, 7) is 1.58. The van der Waals surface area contributed by atoms with Gasteiger partial charge in [-0.25, -0.2) is 0 Å². The van der Waals surface area contributed by atoms with E-state index >= 15 is 0 Å². The maximum Gasteiger partial charge on any atom is 0.225 e. The predicted molar refractivity (Wildman–Crippen MR) is 97.8 cm³/mol. The maximum atomic E-state index is 12.7. The molecule has 3 rings (SSSR count). The van der Waals surface area contributed by atoms with Gasteiger partial charge in [-0.15, -0.1) is 12.4 Å². The molecular weight excluding hydrogens is 324 g/mol. The van der Waals surface area contributed by atoms with Crippen molar-refractivity contribution in [1.29, 1.82) is 0 Å². The van der Waals surface area contributed by atoms with Crippen molar-refractivity contribution in [2.24, 2.45) is 5.73 Å². The van der Waals surface area contributed by atoms with E-state index in [2.05, 4.69) is 24.3 Å². The quantitative estimate of drug-likeness (QED) is 0.926. The summed E-state index contributed by atoms with van der Waals surface area (Å²) in [4.78, 5) is 14.6. The van der Waals surface area contributed by atoms with Crippen LogP contribution in [0.4, 0.5) is 0 Å². The van der Waals surface area contributed by atoms with Crippen molar-refractivity contribution in [3.8, 4) is 11.1 Å². The van der Waals surface area contributed by atoms with E-state index in [9.17, 15) is 4.79 Å². The molecule has 2 aromatic rings. The van der Waals surface area contributed by atoms with Crippen molar-refractivity contribution >= 4 is 18.3 Å². The van der Waals surface area contributed by atoms with Gasteiger partial charge in [-0.2, -0.15) is 0 Å². The first kappa shape index (κ1) is 18.5. The number of carbonyl (C=O) groups excluding carboxylic acids is 1. The summed E-state index contributed by atoms with van der Waals surface area (Å²) in [5.41, 5.74) is 10.4. The first-order valence-corrected chi connectivity index (χ1v) is 7.89. The molecule has 0 aliphatic carbocycles. The van der Waals surface area contributed by atoms with Crippen LogP contribution in [0.2, 0.25) is 0 Å². The normalized spacial score (nSPS) is 14.0. The molecule has 1 aliphatic rings. The molecule has 1 atom stereocenters. The van der Waals surface area contributed by atoms with Crippen LogP contribution in [0.1, 0.15) is 17.5 Å². The molecule has 128 valence electrons. The average molecular weight is 347 g/mol. The molecule has 1 heterocycles. The second-order valence-corrected chi connectivity index (χ2v) is 5.86. The summed E-state index contributed by atoms with van der Waals surface area (Å²) in [7, 11) is 1.60. The van der Waals surface area contributed by atoms with Gasteiger partial charge in [0.1, 0.15) is 0 Å². The third-order valence-corrected chi connectivity index (χ3v) is 4.40. The Morgan fingerprint density at radius 1 is 1.08 bits per heavy atom. The van der Waals surface area contributed by atoms with E-state index in [4.69, 9.17) is 10.5 Å². The highest BCUT2D eigenvalue weighted by Crippen LogP contribution is 2.32. The van der Waals surface area contributed by atoms with Crippen molar-refractivity contribution in [3.63, 3.8) is 0 Å². The molecule has 0 spiro atoms. The Kier molecular flexibility index (Phi) is 6.37. The van der Waals surface area contributed by atoms with Crippen LogP contribution in [0.5, 0.6) is 0 Å². The Morgan fingerprint density at radius 2 is 1.58 bits per heavy atom. The first-order chi connectivity index (χ1) is 11.2. The lowest BCUT2D eigenvalue weighted by molar-refractivity contribution is -0.134. The number of benzene rings is 2. The minimum absolute atomic E-state index is 0. The summed E-state index contributed by atoms with van der Waals surface area (Å²) in [6.07, 6.45) is 0.0911. The maximum absolute atomic E-state index is 12.7. The van der Waals surface area contributed by atoms with Gasteiger partial charge in [0.05, 0.1) is 12.5 Å². The van der Waals surface area contributed by atoms with Crippen LogP contribution in [-0.4, -0.2) is 30.6 Å². The second-order valence-electron chi connectivity index (χ2n) is 5.86. The number of hydrogen-bond acceptors (Lipinski definition) is 3. The van der Waals surface area contributed by atoms with Gasteiger partial charge in [0.25, 0.3) is 0 Å². The largest absolute Gasteiger partial charge is 0.380 e. The summed E-state index contributed by atoms with van der Waals surface area (Å²) in [6, 6.07) is 16.6. The van der Waals surface area contributed by atoms with Crippen LogP contribution in [0.3, 0.4) is 0 Å². The molecule has 0 aromatic heterocycles. The molecule has 0 fully saturated rings. The zero-order chi connectivity index (χ0) is 16.2. The number of hydrogen-bond donors (Lipinski definition) is 1. The third-order valence-electron chi connectivity index (χ3n) is 4.40. The number of carbonyl (C=O) groups is 1. The minimum Gasteiger partial charge on any atom is -0.380 e. The highest BCUT2D eigenvalue weighted by Gasteiger charge is 2.24. The van der Waals surface area contributed by atoms with Crippen molar-refractivity contribution in [2.45, 2.75) is 25.6 Å². The highest BCUT2D eigenvalue weighted by atomic mass is 35.5. The van der Waals surface area contributed by atoms with Gasteiger partial charge in [0.2, 0.25) is 5.91 Å². The molecule has 4 nitrogen and oxygen atoms in total. The van der Waals surface area contributed by atoms with E-state index in [1.165, 1.54) is 22.3 Å². The second kappa shape index (κ2) is 8.29. The van der Waals surface area contributed by atoms with E-state index in [1.54, 1.807) is 7.11 Å². The number of methoxy groups -OCH3 is 1. The van der Waals surface area contributed by atoms with E-state index in [-0.39, 0.29) is 24.4 Å². The van der Waals surface area contributed by atoms with Crippen LogP contribution in [0.15, 0.2) is 48.5 Å². The number of halogens is 1. The van der Waals surface area contributed by atoms with E-state index in [0.717, 1.165) is 0 Å².